The first-order chi connectivity index (χ1) is 70.6. The number of nitrogens with zero attached hydrogens (tertiary/aromatic N) is 10. The Bertz CT molecular complexity index is 6410. The molecule has 772 valence electrons. The number of carbonyl (C=O) groups is 14. The van der Waals surface area contributed by atoms with Crippen LogP contribution in [0.25, 0.3) is 11.1 Å². The molecule has 8 atom stereocenters. The number of amides is 11. The fourth-order valence-corrected chi connectivity index (χ4v) is 18.4. The number of imide groups is 2. The number of aliphatic carboxylic acids is 1. The molecule has 0 radical (unpaired) electrons. The van der Waals surface area contributed by atoms with Crippen molar-refractivity contribution >= 4 is 153 Å². The lowest BCUT2D eigenvalue weighted by Gasteiger charge is -2.23. The number of rotatable bonds is 43. The maximum Gasteiger partial charge on any atom is 0.325 e. The van der Waals surface area contributed by atoms with Crippen molar-refractivity contribution in [1.82, 2.24) is 40.0 Å². The second-order valence-corrected chi connectivity index (χ2v) is 38.1. The summed E-state index contributed by atoms with van der Waals surface area (Å²) in [5.74, 6) is -2.34. The third-order valence-corrected chi connectivity index (χ3v) is 26.6. The van der Waals surface area contributed by atoms with Gasteiger partial charge in [-0.2, -0.15) is 0 Å². The number of hydrogen-bond acceptors (Lipinski definition) is 27. The minimum absolute atomic E-state index is 0.0539. The van der Waals surface area contributed by atoms with E-state index in [1.54, 1.807) is 114 Å². The number of fused-ring (bicyclic) bond motifs is 8. The van der Waals surface area contributed by atoms with Crippen molar-refractivity contribution in [2.45, 2.75) is 194 Å². The maximum atomic E-state index is 14.1. The van der Waals surface area contributed by atoms with Gasteiger partial charge in [-0.1, -0.05) is 82.9 Å². The van der Waals surface area contributed by atoms with Crippen molar-refractivity contribution in [2.75, 3.05) is 79.0 Å². The van der Waals surface area contributed by atoms with E-state index in [9.17, 15) is 67.1 Å². The number of anilines is 2. The quantitative estimate of drug-likeness (QED) is 0.0135. The molecule has 6 aromatic rings. The van der Waals surface area contributed by atoms with Gasteiger partial charge in [0, 0.05) is 186 Å². The fourth-order valence-electron chi connectivity index (χ4n) is 18.4. The van der Waals surface area contributed by atoms with Crippen LogP contribution in [0.15, 0.2) is 177 Å². The number of nitrogen functional groups attached to an aromatic ring is 1. The van der Waals surface area contributed by atoms with Crippen LogP contribution in [-0.2, 0) is 47.9 Å². The summed E-state index contributed by atoms with van der Waals surface area (Å²) in [7, 11) is 6.12. The number of carbonyl (C=O) groups excluding carboxylic acids is 13. The average Bonchev–Trinajstić information content (AvgIpc) is 1.61. The molecule has 16 rings (SSSR count). The van der Waals surface area contributed by atoms with Crippen molar-refractivity contribution in [2.24, 2.45) is 43.6 Å². The van der Waals surface area contributed by atoms with Crippen molar-refractivity contribution in [3.8, 4) is 46.0 Å². The molecule has 0 aliphatic carbocycles. The van der Waals surface area contributed by atoms with Crippen molar-refractivity contribution in [1.29, 1.82) is 0 Å². The van der Waals surface area contributed by atoms with Crippen LogP contribution in [0, 0.1) is 23.7 Å². The van der Waals surface area contributed by atoms with E-state index < -0.39 is 35.8 Å². The number of carboxylic acid groups (broad SMARTS) is 1. The van der Waals surface area contributed by atoms with Crippen LogP contribution < -0.4 is 59.6 Å². The van der Waals surface area contributed by atoms with Gasteiger partial charge in [-0.3, -0.25) is 96.9 Å². The van der Waals surface area contributed by atoms with Gasteiger partial charge in [0.1, 0.15) is 11.8 Å². The lowest BCUT2D eigenvalue weighted by Crippen LogP contribution is -2.45. The van der Waals surface area contributed by atoms with E-state index in [2.05, 4.69) is 30.9 Å². The molecule has 11 amide bonds. The van der Waals surface area contributed by atoms with Crippen LogP contribution in [-0.4, -0.2) is 246 Å². The summed E-state index contributed by atoms with van der Waals surface area (Å²) in [6.45, 7) is 16.2. The highest BCUT2D eigenvalue weighted by atomic mass is 16.5. The zero-order chi connectivity index (χ0) is 105. The van der Waals surface area contributed by atoms with E-state index in [1.165, 1.54) is 55.2 Å². The molecule has 6 aromatic carbocycles. The first-order valence-electron chi connectivity index (χ1n) is 49.4. The van der Waals surface area contributed by atoms with Gasteiger partial charge in [0.05, 0.1) is 130 Å². The number of unbranched alkanes of at least 4 members (excludes halogenated alkanes) is 4. The van der Waals surface area contributed by atoms with Crippen LogP contribution in [0.4, 0.5) is 34.1 Å². The Labute approximate surface area is 852 Å². The predicted molar refractivity (Wildman–Crippen MR) is 551 cm³/mol. The number of ketones is 2. The predicted octanol–water partition coefficient (Wildman–Crippen LogP) is 14.7. The number of benzene rings is 6. The van der Waals surface area contributed by atoms with Gasteiger partial charge in [-0.25, -0.2) is 0 Å². The van der Waals surface area contributed by atoms with Crippen LogP contribution in [0.5, 0.6) is 46.0 Å². The van der Waals surface area contributed by atoms with Gasteiger partial charge in [0.25, 0.3) is 47.3 Å². The van der Waals surface area contributed by atoms with Crippen LogP contribution >= 0.6 is 0 Å². The second-order valence-electron chi connectivity index (χ2n) is 38.1. The van der Waals surface area contributed by atoms with Crippen molar-refractivity contribution in [3.05, 3.63) is 191 Å². The Kier molecular flexibility index (Phi) is 35.3. The molecule has 0 saturated heterocycles. The summed E-state index contributed by atoms with van der Waals surface area (Å²) in [5.41, 5.74) is 16.9. The number of nitrogens with two attached hydrogens (primary N) is 1. The molecular weight excluding hydrogens is 1890 g/mol. The first-order valence-corrected chi connectivity index (χ1v) is 49.4. The third-order valence-electron chi connectivity index (χ3n) is 26.6. The molecule has 0 fully saturated rings. The van der Waals surface area contributed by atoms with Gasteiger partial charge in [0.15, 0.2) is 51.8 Å². The lowest BCUT2D eigenvalue weighted by molar-refractivity contribution is -0.142. The molecule has 10 heterocycles. The van der Waals surface area contributed by atoms with Gasteiger partial charge in [-0.05, 0) is 142 Å². The maximum absolute atomic E-state index is 14.1. The van der Waals surface area contributed by atoms with E-state index in [0.717, 1.165) is 46.3 Å². The highest BCUT2D eigenvalue weighted by Gasteiger charge is 2.40. The number of Topliss-reactive ketones (excluding diaryl/α,β-unsaturated/α-hetero) is 2. The minimum Gasteiger partial charge on any atom is -0.493 e. The summed E-state index contributed by atoms with van der Waals surface area (Å²) in [5, 5.41) is 17.0. The highest BCUT2D eigenvalue weighted by Crippen LogP contribution is 2.46. The van der Waals surface area contributed by atoms with Gasteiger partial charge in [-0.15, -0.1) is 0 Å². The second kappa shape index (κ2) is 48.6. The molecule has 0 bridgehead atoms. The van der Waals surface area contributed by atoms with Crippen molar-refractivity contribution in [3.63, 3.8) is 0 Å². The van der Waals surface area contributed by atoms with E-state index in [4.69, 9.17) is 53.7 Å². The first kappa shape index (κ1) is 107. The average molecular weight is 2010 g/mol. The molecule has 0 saturated carbocycles. The van der Waals surface area contributed by atoms with E-state index in [-0.39, 0.29) is 139 Å². The molecule has 37 heteroatoms. The number of nitrogens with one attached hydrogen (secondary N) is 3. The summed E-state index contributed by atoms with van der Waals surface area (Å²) in [6, 6.07) is 26.0. The molecule has 37 nitrogen and oxygen atoms in total. The standard InChI is InChI=1S/C55H61N7O11.C36H35N5O6.C19H28N2O6/c1-32(2)52(59-49(64)11-8-7-9-18-60-50(65)16-17-51(60)66)44(63)22-34(4)53(67)58-37-14-12-35(13-15-37)36-23-39-29-57-43-27-48(46(71-6)25-41(43)55(69)62(39)31-36)73-20-10-19-72-47-26-42-40(24-45(47)70-5)54(68)61-30-33(3)21-38(61)28-56-42;1-21-11-25-17-38-29-15-33(31(44-2)13-27(29)35(42)40(25)19-21)46-9-4-10-47-34-16-30-28(14-32(34)45-3)36(43)41-20-23(12-26(41)18-39-30)22-5-7-24(37)8-6-22;1-12(2)15(18(25)20-13(3)19(26)27)11-14(22)7-5-4-6-10-21-16(23)8-9-17(21)24/h12-17,24-32,34,38-39,52H,7-11,18-23H2,1-6H3,(H,58,67)(H,59,64);5-8,13-20,25-26H,4,9-12,37H2,1-3H3;8-9,12-13,15H,4-7,10-11H2,1-3H3,(H,20,25)(H,26,27)/t34-,38+,39+,52+;25-,26-;13-,15-/m100/s1. The SMILES string of the molecule is CC(C)[C@H](CC(=O)CCCCCN1C(=O)C=CC1=O)C(=O)N[C@@H](C)C(=O)O.COc1cc2c(cc1OCCCOc1cc3c(cc1OC)C(=O)N1C=C(c4ccc(N)cc4)C[C@H]1C=N3)N=C[C@@H]1CC(C)=CN1C2=O.COc1cc2c(cc1OCCCOc1cc3c(cc1OC)C(=O)N1C=C(c4ccc(NC(=O)[C@H](C)CC(=O)[C@@H](NC(=O)CCCCCN5C(=O)C=CC5=O)C(C)C)cc4)C[C@H]1C=N3)N=C[C@@H]1CC(C)=CN1C2=O. The number of ether oxygens (including phenoxy) is 8. The molecule has 0 aromatic heterocycles. The highest BCUT2D eigenvalue weighted by molar-refractivity contribution is 6.14. The Morgan fingerprint density at radius 1 is 0.415 bits per heavy atom. The topological polar surface area (TPSA) is 464 Å². The molecule has 147 heavy (non-hydrogen) atoms. The fraction of sp³-hybridized carbons (Fsp3) is 0.400. The zero-order valence-corrected chi connectivity index (χ0v) is 84.5. The summed E-state index contributed by atoms with van der Waals surface area (Å²) >= 11 is 0. The largest absolute Gasteiger partial charge is 0.493 e. The summed E-state index contributed by atoms with van der Waals surface area (Å²) in [4.78, 5) is 203. The van der Waals surface area contributed by atoms with Crippen LogP contribution in [0.3, 0.4) is 0 Å². The van der Waals surface area contributed by atoms with Gasteiger partial charge in [0.2, 0.25) is 17.7 Å². The number of methoxy groups -OCH3 is 4. The Morgan fingerprint density at radius 3 is 1.14 bits per heavy atom. The molecule has 10 aliphatic heterocycles. The molecule has 6 N–H and O–H groups in total. The molecule has 0 spiro atoms. The summed E-state index contributed by atoms with van der Waals surface area (Å²) in [6.07, 6.45) is 27.5. The van der Waals surface area contributed by atoms with Gasteiger partial charge >= 0.3 is 5.97 Å². The monoisotopic (exact) mass is 2010 g/mol. The number of aliphatic imine (C=N–C) groups is 4. The summed E-state index contributed by atoms with van der Waals surface area (Å²) < 4.78 is 46.8. The minimum atomic E-state index is -1.12. The van der Waals surface area contributed by atoms with Gasteiger partial charge < -0.3 is 84.3 Å². The van der Waals surface area contributed by atoms with Crippen molar-refractivity contribution < 1.29 is 110 Å². The Balaban J connectivity index is 0.000000196. The van der Waals surface area contributed by atoms with E-state index >= 15 is 0 Å². The normalized spacial score (nSPS) is 18.2. The Morgan fingerprint density at radius 2 is 0.776 bits per heavy atom. The zero-order valence-electron chi connectivity index (χ0n) is 84.5. The number of carboxylic acids is 1. The molecule has 0 unspecified atom stereocenters. The van der Waals surface area contributed by atoms with E-state index in [0.29, 0.717) is 199 Å². The van der Waals surface area contributed by atoms with E-state index in [1.807, 2.05) is 115 Å². The smallest absolute Gasteiger partial charge is 0.325 e. The van der Waals surface area contributed by atoms with Crippen LogP contribution in [0.2, 0.25) is 0 Å². The molecular formula is C110H124N14O23. The third kappa shape index (κ3) is 26.0. The molecule has 10 aliphatic rings. The lowest BCUT2D eigenvalue weighted by atomic mass is 9.88. The van der Waals surface area contributed by atoms with Crippen LogP contribution in [0.1, 0.15) is 211 Å². The Hall–Kier alpha value is -16.0. The number of hydrogen-bond donors (Lipinski definition) is 5.